The molecule has 1 aromatic rings. The van der Waals surface area contributed by atoms with Crippen LogP contribution in [0.3, 0.4) is 0 Å². The summed E-state index contributed by atoms with van der Waals surface area (Å²) in [7, 11) is 0. The lowest BCUT2D eigenvalue weighted by Gasteiger charge is -2.19. The normalized spacial score (nSPS) is 10.1. The van der Waals surface area contributed by atoms with Crippen LogP contribution in [0.2, 0.25) is 0 Å². The van der Waals surface area contributed by atoms with Gasteiger partial charge in [-0.25, -0.2) is 4.79 Å². The lowest BCUT2D eigenvalue weighted by molar-refractivity contribution is -0.115. The second kappa shape index (κ2) is 8.19. The maximum Gasteiger partial charge on any atom is 0.335 e. The van der Waals surface area contributed by atoms with E-state index in [4.69, 9.17) is 10.5 Å². The van der Waals surface area contributed by atoms with Crippen molar-refractivity contribution in [2.45, 2.75) is 41.0 Å². The highest BCUT2D eigenvalue weighted by atomic mass is 16.4. The maximum atomic E-state index is 11.7. The maximum absolute atomic E-state index is 11.7. The number of nitrogens with one attached hydrogen (secondary N) is 2. The second-order valence-corrected chi connectivity index (χ2v) is 5.34. The smallest absolute Gasteiger partial charge is 0.335 e. The van der Waals surface area contributed by atoms with E-state index in [2.05, 4.69) is 5.32 Å². The molecule has 0 aromatic heterocycles. The number of hydrogen-bond donors (Lipinski definition) is 3. The van der Waals surface area contributed by atoms with Gasteiger partial charge in [0.15, 0.2) is 0 Å². The van der Waals surface area contributed by atoms with Gasteiger partial charge in [-0.3, -0.25) is 4.79 Å². The van der Waals surface area contributed by atoms with E-state index in [0.29, 0.717) is 11.4 Å². The minimum Gasteiger partial charge on any atom is -0.478 e. The number of carbonyl (C=O) groups excluding carboxylic acids is 1. The Morgan fingerprint density at radius 1 is 1.14 bits per heavy atom. The molecule has 1 rings (SSSR count). The van der Waals surface area contributed by atoms with Gasteiger partial charge in [-0.15, -0.1) is 0 Å². The van der Waals surface area contributed by atoms with Gasteiger partial charge in [0.1, 0.15) is 0 Å². The number of carboxylic acids is 1. The number of carbonyl (C=O) groups is 2. The number of aromatic carboxylic acids is 1. The van der Waals surface area contributed by atoms with Crippen LogP contribution < -0.4 is 5.32 Å². The number of benzene rings is 1. The van der Waals surface area contributed by atoms with E-state index in [-0.39, 0.29) is 23.3 Å². The summed E-state index contributed by atoms with van der Waals surface area (Å²) in [6.07, 6.45) is 0.0319. The Balaban J connectivity index is 0.00000191. The van der Waals surface area contributed by atoms with Gasteiger partial charge in [-0.1, -0.05) is 34.6 Å². The highest BCUT2D eigenvalue weighted by molar-refractivity contribution is 6.07. The van der Waals surface area contributed by atoms with Crippen molar-refractivity contribution in [2.24, 2.45) is 5.41 Å². The van der Waals surface area contributed by atoms with Crippen molar-refractivity contribution < 1.29 is 14.7 Å². The van der Waals surface area contributed by atoms with Crippen molar-refractivity contribution in [1.29, 1.82) is 5.41 Å². The third kappa shape index (κ3) is 6.70. The Kier molecular flexibility index (Phi) is 7.35. The highest BCUT2D eigenvalue weighted by Crippen LogP contribution is 2.18. The summed E-state index contributed by atoms with van der Waals surface area (Å²) < 4.78 is 0. The van der Waals surface area contributed by atoms with E-state index >= 15 is 0 Å². The van der Waals surface area contributed by atoms with Crippen LogP contribution in [0.25, 0.3) is 0 Å². The predicted octanol–water partition coefficient (Wildman–Crippen LogP) is 3.81. The summed E-state index contributed by atoms with van der Waals surface area (Å²) in [6, 6.07) is 5.91. The van der Waals surface area contributed by atoms with Crippen LogP contribution in [-0.4, -0.2) is 22.7 Å². The molecule has 0 heterocycles. The molecule has 0 spiro atoms. The first-order valence-corrected chi connectivity index (χ1v) is 6.91. The van der Waals surface area contributed by atoms with Crippen molar-refractivity contribution in [3.8, 4) is 0 Å². The van der Waals surface area contributed by atoms with Gasteiger partial charge in [-0.05, 0) is 24.3 Å². The van der Waals surface area contributed by atoms with Crippen LogP contribution in [-0.2, 0) is 4.79 Å². The summed E-state index contributed by atoms with van der Waals surface area (Å²) in [6.45, 7) is 9.64. The highest BCUT2D eigenvalue weighted by Gasteiger charge is 2.19. The lowest BCUT2D eigenvalue weighted by Crippen LogP contribution is -2.25. The summed E-state index contributed by atoms with van der Waals surface area (Å²) >= 11 is 0. The molecule has 21 heavy (non-hydrogen) atoms. The average molecular weight is 292 g/mol. The molecule has 3 N–H and O–H groups in total. The predicted molar refractivity (Wildman–Crippen MR) is 85.2 cm³/mol. The van der Waals surface area contributed by atoms with E-state index in [9.17, 15) is 9.59 Å². The second-order valence-electron chi connectivity index (χ2n) is 5.34. The number of anilines is 1. The van der Waals surface area contributed by atoms with Crippen molar-refractivity contribution >= 4 is 23.3 Å². The van der Waals surface area contributed by atoms with Gasteiger partial charge in [0.2, 0.25) is 5.91 Å². The molecule has 0 atom stereocenters. The molecule has 0 aliphatic carbocycles. The van der Waals surface area contributed by atoms with Crippen molar-refractivity contribution in [3.05, 3.63) is 29.8 Å². The van der Waals surface area contributed by atoms with Gasteiger partial charge in [0.05, 0.1) is 12.0 Å². The van der Waals surface area contributed by atoms with E-state index in [1.54, 1.807) is 0 Å². The quantitative estimate of drug-likeness (QED) is 0.737. The molecule has 1 aromatic carbocycles. The first-order chi connectivity index (χ1) is 9.70. The molecule has 0 saturated heterocycles. The largest absolute Gasteiger partial charge is 0.478 e. The molecular formula is C16H24N2O3. The summed E-state index contributed by atoms with van der Waals surface area (Å²) in [5.41, 5.74) is 0.717. The zero-order chi connectivity index (χ0) is 16.6. The number of amides is 1. The third-order valence-corrected chi connectivity index (χ3v) is 2.66. The summed E-state index contributed by atoms with van der Waals surface area (Å²) in [5.74, 6) is -1.28. The van der Waals surface area contributed by atoms with Gasteiger partial charge in [0, 0.05) is 16.8 Å². The van der Waals surface area contributed by atoms with Crippen molar-refractivity contribution in [3.63, 3.8) is 0 Å². The molecule has 0 radical (unpaired) electrons. The van der Waals surface area contributed by atoms with E-state index in [1.807, 2.05) is 34.6 Å². The van der Waals surface area contributed by atoms with Crippen LogP contribution in [0.1, 0.15) is 51.4 Å². The van der Waals surface area contributed by atoms with Gasteiger partial charge < -0.3 is 15.8 Å². The molecule has 5 nitrogen and oxygen atoms in total. The Morgan fingerprint density at radius 3 is 2.00 bits per heavy atom. The Labute approximate surface area is 125 Å². The minimum atomic E-state index is -1.01. The van der Waals surface area contributed by atoms with Gasteiger partial charge in [-0.2, -0.15) is 0 Å². The minimum absolute atomic E-state index is 0.0319. The molecule has 0 bridgehead atoms. The van der Waals surface area contributed by atoms with Gasteiger partial charge >= 0.3 is 5.97 Å². The fourth-order valence-corrected chi connectivity index (χ4v) is 1.33. The van der Waals surface area contributed by atoms with E-state index < -0.39 is 5.97 Å². The number of carboxylic acid groups (broad SMARTS) is 1. The van der Waals surface area contributed by atoms with Crippen LogP contribution >= 0.6 is 0 Å². The number of hydrogen-bond acceptors (Lipinski definition) is 3. The Hall–Kier alpha value is -2.17. The lowest BCUT2D eigenvalue weighted by atomic mass is 9.88. The molecule has 5 heteroatoms. The van der Waals surface area contributed by atoms with Crippen LogP contribution in [0.5, 0.6) is 0 Å². The van der Waals surface area contributed by atoms with E-state index in [1.165, 1.54) is 24.3 Å². The molecule has 1 amide bonds. The van der Waals surface area contributed by atoms with Crippen molar-refractivity contribution in [2.75, 3.05) is 5.32 Å². The summed E-state index contributed by atoms with van der Waals surface area (Å²) in [5, 5.41) is 19.2. The molecule has 0 unspecified atom stereocenters. The first kappa shape index (κ1) is 18.8. The fourth-order valence-electron chi connectivity index (χ4n) is 1.33. The Morgan fingerprint density at radius 2 is 1.62 bits per heavy atom. The third-order valence-electron chi connectivity index (χ3n) is 2.66. The Bertz CT molecular complexity index is 499. The van der Waals surface area contributed by atoms with Crippen molar-refractivity contribution in [1.82, 2.24) is 0 Å². The molecule has 0 aliphatic rings. The molecule has 116 valence electrons. The zero-order valence-electron chi connectivity index (χ0n) is 13.3. The fraction of sp³-hybridized carbons (Fsp3) is 0.438. The van der Waals surface area contributed by atoms with Crippen LogP contribution in [0.15, 0.2) is 24.3 Å². The average Bonchev–Trinajstić information content (AvgIpc) is 2.40. The SMILES string of the molecule is CC.CC(C)(C)C(=N)CC(=O)Nc1ccc(C(=O)O)cc1. The molecule has 0 fully saturated rings. The van der Waals surface area contributed by atoms with Crippen LogP contribution in [0.4, 0.5) is 5.69 Å². The monoisotopic (exact) mass is 292 g/mol. The molecule has 0 saturated carbocycles. The number of rotatable bonds is 4. The van der Waals surface area contributed by atoms with E-state index in [0.717, 1.165) is 0 Å². The molecular weight excluding hydrogens is 268 g/mol. The molecule has 0 aliphatic heterocycles. The van der Waals surface area contributed by atoms with Crippen LogP contribution in [0, 0.1) is 10.8 Å². The van der Waals surface area contributed by atoms with Gasteiger partial charge in [0.25, 0.3) is 0 Å². The standard InChI is InChI=1S/C14H18N2O3.C2H6/c1-14(2,3)11(15)8-12(17)16-10-6-4-9(5-7-10)13(18)19;1-2/h4-7,15H,8H2,1-3H3,(H,16,17)(H,18,19);1-2H3. The topological polar surface area (TPSA) is 90.3 Å². The zero-order valence-corrected chi connectivity index (χ0v) is 13.3. The summed E-state index contributed by atoms with van der Waals surface area (Å²) in [4.78, 5) is 22.4. The first-order valence-electron chi connectivity index (χ1n) is 6.91.